The van der Waals surface area contributed by atoms with E-state index in [0.29, 0.717) is 0 Å². The maximum absolute atomic E-state index is 12.0. The van der Waals surface area contributed by atoms with Crippen LogP contribution in [0.25, 0.3) is 0 Å². The van der Waals surface area contributed by atoms with E-state index in [1.165, 1.54) is 0 Å². The molecule has 1 saturated heterocycles. The van der Waals surface area contributed by atoms with Gasteiger partial charge < -0.3 is 0 Å². The Balaban J connectivity index is 2.14. The van der Waals surface area contributed by atoms with Crippen LogP contribution in [0.15, 0.2) is 57.5 Å². The van der Waals surface area contributed by atoms with Gasteiger partial charge in [0.15, 0.2) is 0 Å². The molecule has 0 spiro atoms. The fourth-order valence-corrected chi connectivity index (χ4v) is 4.62. The number of nitrogens with one attached hydrogen (secondary N) is 1. The summed E-state index contributed by atoms with van der Waals surface area (Å²) in [6.45, 7) is 3.24. The van der Waals surface area contributed by atoms with E-state index in [4.69, 9.17) is 0 Å². The Hall–Kier alpha value is -1.84. The molecule has 1 heterocycles. The van der Waals surface area contributed by atoms with Crippen molar-refractivity contribution in [2.24, 2.45) is 5.41 Å². The number of halogens is 2. The fraction of sp³-hybridized carbons (Fsp3) is 0.368. The molecule has 7 nitrogen and oxygen atoms in total. The van der Waals surface area contributed by atoms with Gasteiger partial charge in [-0.1, -0.05) is 56.1 Å². The number of rotatable bonds is 4. The van der Waals surface area contributed by atoms with Crippen molar-refractivity contribution in [1.29, 1.82) is 0 Å². The Kier molecular flexibility index (Phi) is 5.88. The van der Waals surface area contributed by atoms with Crippen molar-refractivity contribution in [3.63, 3.8) is 0 Å². The van der Waals surface area contributed by atoms with Gasteiger partial charge in [-0.2, -0.15) is 0 Å². The Morgan fingerprint density at radius 3 is 1.39 bits per heavy atom. The van der Waals surface area contributed by atoms with Crippen molar-refractivity contribution in [3.8, 4) is 0 Å². The lowest BCUT2D eigenvalue weighted by molar-refractivity contribution is -0.605. The molecule has 0 unspecified atom stereocenters. The van der Waals surface area contributed by atoms with Crippen LogP contribution in [-0.4, -0.2) is 21.9 Å². The highest BCUT2D eigenvalue weighted by atomic mass is 79.9. The highest BCUT2D eigenvalue weighted by Crippen LogP contribution is 2.47. The first-order valence-corrected chi connectivity index (χ1v) is 10.3. The van der Waals surface area contributed by atoms with Gasteiger partial charge in [-0.3, -0.25) is 25.5 Å². The minimum Gasteiger partial charge on any atom is -0.291 e. The first-order valence-electron chi connectivity index (χ1n) is 8.67. The summed E-state index contributed by atoms with van der Waals surface area (Å²) in [4.78, 5) is 23.2. The summed E-state index contributed by atoms with van der Waals surface area (Å²) < 4.78 is 1.72. The van der Waals surface area contributed by atoms with Gasteiger partial charge in [0.05, 0.1) is 0 Å². The third-order valence-electron chi connectivity index (χ3n) is 5.43. The van der Waals surface area contributed by atoms with Gasteiger partial charge in [0.25, 0.3) is 0 Å². The molecule has 0 bridgehead atoms. The van der Waals surface area contributed by atoms with Crippen molar-refractivity contribution in [2.45, 2.75) is 38.0 Å². The maximum Gasteiger partial charge on any atom is 0.243 e. The normalized spacial score (nSPS) is 26.6. The molecule has 2 aromatic carbocycles. The smallest absolute Gasteiger partial charge is 0.243 e. The van der Waals surface area contributed by atoms with E-state index in [0.717, 1.165) is 20.1 Å². The van der Waals surface area contributed by atoms with Crippen LogP contribution in [0.5, 0.6) is 0 Å². The van der Waals surface area contributed by atoms with Gasteiger partial charge in [-0.25, -0.2) is 0 Å². The molecule has 9 heteroatoms. The maximum atomic E-state index is 12.0. The van der Waals surface area contributed by atoms with E-state index in [-0.39, 0.29) is 0 Å². The summed E-state index contributed by atoms with van der Waals surface area (Å²) in [5.74, 6) is 0. The first-order chi connectivity index (χ1) is 13.1. The van der Waals surface area contributed by atoms with E-state index in [1.807, 2.05) is 24.3 Å². The minimum atomic E-state index is -1.19. The van der Waals surface area contributed by atoms with Crippen LogP contribution in [-0.2, 0) is 0 Å². The first kappa shape index (κ1) is 20.9. The third-order valence-corrected chi connectivity index (χ3v) is 6.49. The van der Waals surface area contributed by atoms with E-state index in [9.17, 15) is 20.2 Å². The van der Waals surface area contributed by atoms with Gasteiger partial charge >= 0.3 is 0 Å². The Bertz CT molecular complexity index is 816. The van der Waals surface area contributed by atoms with Crippen molar-refractivity contribution in [3.05, 3.63) is 88.8 Å². The highest BCUT2D eigenvalue weighted by Gasteiger charge is 2.62. The van der Waals surface area contributed by atoms with Gasteiger partial charge in [0, 0.05) is 18.8 Å². The summed E-state index contributed by atoms with van der Waals surface area (Å²) in [6.07, 6.45) is 0. The quantitative estimate of drug-likeness (QED) is 0.463. The number of nitrogens with zero attached hydrogens (tertiary/aromatic N) is 2. The third kappa shape index (κ3) is 3.83. The standard InChI is InChI=1S/C19H19Br2N3O4/c1-19(2)17(23(25)26)15(11-3-7-13(20)8-4-11)22-16(18(19)24(27)28)12-5-9-14(21)10-6-12/h3-10,15-18,22H,1-2H3/t15-,16+,17+,18-. The molecule has 4 atom stereocenters. The van der Waals surface area contributed by atoms with Gasteiger partial charge in [0.1, 0.15) is 17.5 Å². The predicted octanol–water partition coefficient (Wildman–Crippen LogP) is 4.91. The number of benzene rings is 2. The monoisotopic (exact) mass is 511 g/mol. The molecular weight excluding hydrogens is 494 g/mol. The molecule has 2 aromatic rings. The van der Waals surface area contributed by atoms with Gasteiger partial charge in [0.2, 0.25) is 12.1 Å². The van der Waals surface area contributed by atoms with E-state index < -0.39 is 39.4 Å². The SMILES string of the molecule is CC1(C)[C@@H]([N+](=O)[O-])[C@@H](c2ccc(Br)cc2)N[C@@H](c2ccc(Br)cc2)[C@H]1[N+](=O)[O-]. The second-order valence-corrected chi connectivity index (χ2v) is 9.34. The number of hydrogen-bond donors (Lipinski definition) is 1. The Labute approximate surface area is 179 Å². The average molecular weight is 513 g/mol. The lowest BCUT2D eigenvalue weighted by Gasteiger charge is -2.44. The van der Waals surface area contributed by atoms with Gasteiger partial charge in [-0.15, -0.1) is 0 Å². The molecule has 0 aliphatic carbocycles. The lowest BCUT2D eigenvalue weighted by Crippen LogP contribution is -2.63. The van der Waals surface area contributed by atoms with Crippen LogP contribution in [0, 0.1) is 25.6 Å². The van der Waals surface area contributed by atoms with Gasteiger partial charge in [-0.05, 0) is 49.2 Å². The van der Waals surface area contributed by atoms with E-state index in [2.05, 4.69) is 37.2 Å². The molecule has 148 valence electrons. The van der Waals surface area contributed by atoms with Crippen LogP contribution >= 0.6 is 31.9 Å². The molecule has 0 aromatic heterocycles. The zero-order valence-electron chi connectivity index (χ0n) is 15.2. The molecule has 28 heavy (non-hydrogen) atoms. The summed E-state index contributed by atoms with van der Waals surface area (Å²) in [7, 11) is 0. The average Bonchev–Trinajstić information content (AvgIpc) is 2.60. The molecule has 0 radical (unpaired) electrons. The lowest BCUT2D eigenvalue weighted by atomic mass is 9.66. The zero-order chi connectivity index (χ0) is 20.6. The van der Waals surface area contributed by atoms with Crippen molar-refractivity contribution in [2.75, 3.05) is 0 Å². The molecule has 3 rings (SSSR count). The number of hydrogen-bond acceptors (Lipinski definition) is 5. The van der Waals surface area contributed by atoms with Crippen molar-refractivity contribution < 1.29 is 9.85 Å². The second-order valence-electron chi connectivity index (χ2n) is 7.51. The van der Waals surface area contributed by atoms with Crippen LogP contribution in [0.2, 0.25) is 0 Å². The van der Waals surface area contributed by atoms with Crippen LogP contribution in [0.3, 0.4) is 0 Å². The summed E-state index contributed by atoms with van der Waals surface area (Å²) in [5.41, 5.74) is 0.261. The molecule has 0 amide bonds. The number of piperidine rings is 1. The summed E-state index contributed by atoms with van der Waals surface area (Å²) >= 11 is 6.74. The molecule has 1 aliphatic rings. The molecule has 1 aliphatic heterocycles. The molecule has 1 fully saturated rings. The van der Waals surface area contributed by atoms with Crippen LogP contribution in [0.1, 0.15) is 37.1 Å². The Morgan fingerprint density at radius 2 is 1.11 bits per heavy atom. The van der Waals surface area contributed by atoms with Crippen LogP contribution in [0.4, 0.5) is 0 Å². The van der Waals surface area contributed by atoms with Crippen molar-refractivity contribution >= 4 is 31.9 Å². The zero-order valence-corrected chi connectivity index (χ0v) is 18.4. The highest BCUT2D eigenvalue weighted by molar-refractivity contribution is 9.10. The fourth-order valence-electron chi connectivity index (χ4n) is 4.09. The Morgan fingerprint density at radius 1 is 0.786 bits per heavy atom. The minimum absolute atomic E-state index is 0.395. The predicted molar refractivity (Wildman–Crippen MR) is 112 cm³/mol. The topological polar surface area (TPSA) is 98.3 Å². The summed E-state index contributed by atoms with van der Waals surface area (Å²) in [6, 6.07) is 10.8. The van der Waals surface area contributed by atoms with Crippen LogP contribution < -0.4 is 5.32 Å². The molecule has 1 N–H and O–H groups in total. The number of nitro groups is 2. The molecular formula is C19H19Br2N3O4. The van der Waals surface area contributed by atoms with Crippen molar-refractivity contribution in [1.82, 2.24) is 5.32 Å². The summed E-state index contributed by atoms with van der Waals surface area (Å²) in [5, 5.41) is 27.2. The molecule has 0 saturated carbocycles. The van der Waals surface area contributed by atoms with E-state index >= 15 is 0 Å². The largest absolute Gasteiger partial charge is 0.291 e. The second kappa shape index (κ2) is 7.88. The van der Waals surface area contributed by atoms with E-state index in [1.54, 1.807) is 38.1 Å².